The number of benzene rings is 1. The van der Waals surface area contributed by atoms with E-state index >= 15 is 0 Å². The van der Waals surface area contributed by atoms with E-state index in [4.69, 9.17) is 0 Å². The van der Waals surface area contributed by atoms with Crippen LogP contribution in [0.1, 0.15) is 49.9 Å². The van der Waals surface area contributed by atoms with Crippen LogP contribution in [0.4, 0.5) is 0 Å². The van der Waals surface area contributed by atoms with E-state index < -0.39 is 0 Å². The fourth-order valence-corrected chi connectivity index (χ4v) is 2.82. The van der Waals surface area contributed by atoms with Gasteiger partial charge >= 0.3 is 0 Å². The van der Waals surface area contributed by atoms with E-state index in [1.807, 2.05) is 30.3 Å². The highest BCUT2D eigenvalue weighted by Crippen LogP contribution is 2.27. The lowest BCUT2D eigenvalue weighted by Crippen LogP contribution is -2.53. The minimum atomic E-state index is -0.332. The zero-order valence-electron chi connectivity index (χ0n) is 11.5. The Kier molecular flexibility index (Phi) is 4.18. The third kappa shape index (κ3) is 2.49. The maximum atomic E-state index is 12.8. The zero-order valence-corrected chi connectivity index (χ0v) is 11.5. The molecule has 2 nitrogen and oxygen atoms in total. The maximum Gasteiger partial charge on any atom is 0.182 e. The van der Waals surface area contributed by atoms with Crippen molar-refractivity contribution in [3.8, 4) is 0 Å². The fourth-order valence-electron chi connectivity index (χ4n) is 2.82. The van der Waals surface area contributed by atoms with Gasteiger partial charge in [-0.2, -0.15) is 0 Å². The van der Waals surface area contributed by atoms with Gasteiger partial charge in [0.1, 0.15) is 0 Å². The smallest absolute Gasteiger partial charge is 0.182 e. The first-order valence-corrected chi connectivity index (χ1v) is 7.03. The summed E-state index contributed by atoms with van der Waals surface area (Å²) in [5, 5.41) is 0. The van der Waals surface area contributed by atoms with Crippen molar-refractivity contribution < 1.29 is 4.79 Å². The van der Waals surface area contributed by atoms with Gasteiger partial charge in [-0.15, -0.1) is 0 Å². The average Bonchev–Trinajstić information content (AvgIpc) is 2.47. The van der Waals surface area contributed by atoms with Crippen molar-refractivity contribution in [3.05, 3.63) is 35.9 Å². The van der Waals surface area contributed by atoms with E-state index in [9.17, 15) is 4.79 Å². The van der Waals surface area contributed by atoms with E-state index in [0.717, 1.165) is 25.1 Å². The van der Waals surface area contributed by atoms with Gasteiger partial charge in [0, 0.05) is 5.56 Å². The van der Waals surface area contributed by atoms with Crippen molar-refractivity contribution >= 4 is 5.78 Å². The normalized spacial score (nSPS) is 20.3. The van der Waals surface area contributed by atoms with Crippen molar-refractivity contribution in [1.82, 2.24) is 4.90 Å². The molecule has 0 radical (unpaired) electrons. The summed E-state index contributed by atoms with van der Waals surface area (Å²) in [5.41, 5.74) is 0.509. The molecular weight excluding hydrogens is 222 g/mol. The Bertz CT molecular complexity index is 395. The Morgan fingerprint density at radius 3 is 2.33 bits per heavy atom. The van der Waals surface area contributed by atoms with E-state index in [1.54, 1.807) is 0 Å². The molecule has 2 heteroatoms. The van der Waals surface area contributed by atoms with Crippen LogP contribution in [0.3, 0.4) is 0 Å². The zero-order chi connectivity index (χ0) is 13.0. The molecule has 0 aliphatic carbocycles. The summed E-state index contributed by atoms with van der Waals surface area (Å²) in [6.45, 7) is 6.34. The fraction of sp³-hybridized carbons (Fsp3) is 0.562. The third-order valence-corrected chi connectivity index (χ3v) is 4.27. The van der Waals surface area contributed by atoms with Crippen molar-refractivity contribution in [1.29, 1.82) is 0 Å². The molecule has 1 atom stereocenters. The number of piperidine rings is 1. The summed E-state index contributed by atoms with van der Waals surface area (Å²) in [4.78, 5) is 15.1. The Hall–Kier alpha value is -1.15. The van der Waals surface area contributed by atoms with Gasteiger partial charge in [-0.1, -0.05) is 43.7 Å². The predicted octanol–water partition coefficient (Wildman–Crippen LogP) is 3.52. The standard InChI is InChI=1S/C16H23NO/c1-3-16(2,17-12-8-5-9-13-17)15(18)14-10-6-4-7-11-14/h4,6-7,10-11H,3,5,8-9,12-13H2,1-2H3. The van der Waals surface area contributed by atoms with Gasteiger partial charge in [-0.25, -0.2) is 0 Å². The highest BCUT2D eigenvalue weighted by Gasteiger charge is 2.38. The molecule has 1 unspecified atom stereocenters. The first kappa shape index (κ1) is 13.3. The summed E-state index contributed by atoms with van der Waals surface area (Å²) in [6, 6.07) is 9.71. The molecule has 1 heterocycles. The molecule has 0 amide bonds. The first-order chi connectivity index (χ1) is 8.68. The number of likely N-dealkylation sites (tertiary alicyclic amines) is 1. The summed E-state index contributed by atoms with van der Waals surface area (Å²) in [7, 11) is 0. The lowest BCUT2D eigenvalue weighted by Gasteiger charge is -2.41. The molecule has 0 bridgehead atoms. The molecular formula is C16H23NO. The van der Waals surface area contributed by atoms with Gasteiger partial charge < -0.3 is 0 Å². The third-order valence-electron chi connectivity index (χ3n) is 4.27. The second-order valence-electron chi connectivity index (χ2n) is 5.37. The monoisotopic (exact) mass is 245 g/mol. The quantitative estimate of drug-likeness (QED) is 0.756. The molecule has 18 heavy (non-hydrogen) atoms. The molecule has 0 aromatic heterocycles. The minimum Gasteiger partial charge on any atom is -0.292 e. The number of nitrogens with zero attached hydrogens (tertiary/aromatic N) is 1. The van der Waals surface area contributed by atoms with E-state index in [2.05, 4.69) is 18.7 Å². The Labute approximate surface area is 110 Å². The molecule has 1 aromatic carbocycles. The van der Waals surface area contributed by atoms with Crippen molar-refractivity contribution in [2.24, 2.45) is 0 Å². The summed E-state index contributed by atoms with van der Waals surface area (Å²) >= 11 is 0. The molecule has 98 valence electrons. The molecule has 0 N–H and O–H groups in total. The van der Waals surface area contributed by atoms with Gasteiger partial charge in [0.15, 0.2) is 5.78 Å². The average molecular weight is 245 g/mol. The van der Waals surface area contributed by atoms with Crippen LogP contribution in [0.2, 0.25) is 0 Å². The molecule has 0 spiro atoms. The lowest BCUT2D eigenvalue weighted by molar-refractivity contribution is 0.0505. The number of carbonyl (C=O) groups excluding carboxylic acids is 1. The van der Waals surface area contributed by atoms with Crippen molar-refractivity contribution in [2.75, 3.05) is 13.1 Å². The summed E-state index contributed by atoms with van der Waals surface area (Å²) < 4.78 is 0. The Morgan fingerprint density at radius 1 is 1.17 bits per heavy atom. The van der Waals surface area contributed by atoms with Gasteiger partial charge in [0.25, 0.3) is 0 Å². The molecule has 1 fully saturated rings. The first-order valence-electron chi connectivity index (χ1n) is 7.03. The second kappa shape index (κ2) is 5.66. The number of hydrogen-bond acceptors (Lipinski definition) is 2. The number of Topliss-reactive ketones (excluding diaryl/α,β-unsaturated/α-hetero) is 1. The lowest BCUT2D eigenvalue weighted by atomic mass is 9.85. The van der Waals surface area contributed by atoms with Gasteiger partial charge in [0.2, 0.25) is 0 Å². The number of carbonyl (C=O) groups is 1. The molecule has 1 aliphatic rings. The van der Waals surface area contributed by atoms with Crippen LogP contribution in [-0.2, 0) is 0 Å². The van der Waals surface area contributed by atoms with Crippen LogP contribution in [-0.4, -0.2) is 29.3 Å². The van der Waals surface area contributed by atoms with Gasteiger partial charge in [-0.05, 0) is 39.3 Å². The van der Waals surface area contributed by atoms with Gasteiger partial charge in [0.05, 0.1) is 5.54 Å². The second-order valence-corrected chi connectivity index (χ2v) is 5.37. The summed E-state index contributed by atoms with van der Waals surface area (Å²) in [6.07, 6.45) is 4.62. The van der Waals surface area contributed by atoms with Crippen LogP contribution < -0.4 is 0 Å². The Balaban J connectivity index is 2.23. The maximum absolute atomic E-state index is 12.8. The van der Waals surface area contributed by atoms with Crippen LogP contribution in [0.25, 0.3) is 0 Å². The van der Waals surface area contributed by atoms with Crippen LogP contribution in [0, 0.1) is 0 Å². The van der Waals surface area contributed by atoms with Crippen LogP contribution >= 0.6 is 0 Å². The molecule has 1 saturated heterocycles. The molecule has 1 aromatic rings. The number of ketones is 1. The SMILES string of the molecule is CCC(C)(C(=O)c1ccccc1)N1CCCCC1. The molecule has 1 aliphatic heterocycles. The van der Waals surface area contributed by atoms with Crippen LogP contribution in [0.15, 0.2) is 30.3 Å². The molecule has 2 rings (SSSR count). The topological polar surface area (TPSA) is 20.3 Å². The number of hydrogen-bond donors (Lipinski definition) is 0. The number of rotatable bonds is 4. The highest BCUT2D eigenvalue weighted by atomic mass is 16.1. The summed E-state index contributed by atoms with van der Waals surface area (Å²) in [5.74, 6) is 0.271. The predicted molar refractivity (Wildman–Crippen MR) is 74.9 cm³/mol. The van der Waals surface area contributed by atoms with Crippen LogP contribution in [0.5, 0.6) is 0 Å². The van der Waals surface area contributed by atoms with E-state index in [-0.39, 0.29) is 11.3 Å². The van der Waals surface area contributed by atoms with E-state index in [0.29, 0.717) is 0 Å². The highest BCUT2D eigenvalue weighted by molar-refractivity contribution is 6.02. The molecule has 0 saturated carbocycles. The van der Waals surface area contributed by atoms with Crippen molar-refractivity contribution in [3.63, 3.8) is 0 Å². The minimum absolute atomic E-state index is 0.271. The Morgan fingerprint density at radius 2 is 1.78 bits per heavy atom. The van der Waals surface area contributed by atoms with Gasteiger partial charge in [-0.3, -0.25) is 9.69 Å². The van der Waals surface area contributed by atoms with Crippen molar-refractivity contribution in [2.45, 2.75) is 45.1 Å². The largest absolute Gasteiger partial charge is 0.292 e. The van der Waals surface area contributed by atoms with E-state index in [1.165, 1.54) is 19.3 Å².